The normalized spacial score (nSPS) is 10.8. The van der Waals surface area contributed by atoms with Crippen molar-refractivity contribution in [1.29, 1.82) is 0 Å². The van der Waals surface area contributed by atoms with Crippen LogP contribution in [0.4, 0.5) is 0 Å². The summed E-state index contributed by atoms with van der Waals surface area (Å²) in [5, 5.41) is 2.41. The van der Waals surface area contributed by atoms with Gasteiger partial charge in [0.2, 0.25) is 0 Å². The third kappa shape index (κ3) is 4.07. The predicted octanol–water partition coefficient (Wildman–Crippen LogP) is 6.63. The Labute approximate surface area is 195 Å². The van der Waals surface area contributed by atoms with Gasteiger partial charge in [0, 0.05) is 26.6 Å². The maximum atomic E-state index is 13.4. The molecule has 0 atom stereocenters. The first-order valence-corrected chi connectivity index (χ1v) is 10.5. The van der Waals surface area contributed by atoms with E-state index >= 15 is 0 Å². The number of ketones is 2. The highest BCUT2D eigenvalue weighted by molar-refractivity contribution is 6.31. The van der Waals surface area contributed by atoms with Crippen molar-refractivity contribution in [3.05, 3.63) is 105 Å². The maximum absolute atomic E-state index is 13.4. The molecule has 0 unspecified atom stereocenters. The lowest BCUT2D eigenvalue weighted by molar-refractivity contribution is 0.102. The second-order valence-corrected chi connectivity index (χ2v) is 7.96. The number of carbonyl (C=O) groups is 2. The van der Waals surface area contributed by atoms with Gasteiger partial charge in [-0.15, -0.1) is 0 Å². The molecule has 0 amide bonds. The van der Waals surface area contributed by atoms with Gasteiger partial charge >= 0.3 is 0 Å². The second-order valence-electron chi connectivity index (χ2n) is 7.09. The topological polar surface area (TPSA) is 52.6 Å². The minimum absolute atomic E-state index is 0.207. The number of hydrogen-bond acceptors (Lipinski definition) is 4. The number of fused-ring (bicyclic) bond motifs is 1. The minimum atomic E-state index is -0.219. The van der Waals surface area contributed by atoms with Gasteiger partial charge in [-0.05, 0) is 72.1 Å². The summed E-state index contributed by atoms with van der Waals surface area (Å²) < 4.78 is 11.0. The molecule has 0 fully saturated rings. The molecular weight excluding hydrogens is 447 g/mol. The number of benzene rings is 4. The van der Waals surface area contributed by atoms with Crippen molar-refractivity contribution in [1.82, 2.24) is 0 Å². The molecule has 0 saturated carbocycles. The zero-order valence-corrected chi connectivity index (χ0v) is 18.8. The van der Waals surface area contributed by atoms with E-state index in [4.69, 9.17) is 32.7 Å². The summed E-state index contributed by atoms with van der Waals surface area (Å²) in [6.45, 7) is 0. The van der Waals surface area contributed by atoms with Gasteiger partial charge in [0.05, 0.1) is 25.3 Å². The Morgan fingerprint density at radius 2 is 1.19 bits per heavy atom. The fourth-order valence-electron chi connectivity index (χ4n) is 3.59. The van der Waals surface area contributed by atoms with Crippen molar-refractivity contribution in [3.8, 4) is 11.5 Å². The molecule has 0 aromatic heterocycles. The Morgan fingerprint density at radius 1 is 0.656 bits per heavy atom. The van der Waals surface area contributed by atoms with E-state index in [-0.39, 0.29) is 11.6 Å². The van der Waals surface area contributed by atoms with Crippen LogP contribution < -0.4 is 9.47 Å². The SMILES string of the molecule is COc1cc2c(C(=O)c3ccc(Cl)cc3)c(OC)ccc2cc1C(=O)c1ccc(Cl)cc1. The number of halogens is 2. The van der Waals surface area contributed by atoms with Gasteiger partial charge in [0.15, 0.2) is 11.6 Å². The molecule has 0 heterocycles. The molecule has 32 heavy (non-hydrogen) atoms. The van der Waals surface area contributed by atoms with Crippen LogP contribution >= 0.6 is 23.2 Å². The third-order valence-electron chi connectivity index (χ3n) is 5.21. The van der Waals surface area contributed by atoms with E-state index in [0.29, 0.717) is 54.6 Å². The lowest BCUT2D eigenvalue weighted by atomic mass is 9.93. The Balaban J connectivity index is 1.90. The van der Waals surface area contributed by atoms with E-state index in [1.165, 1.54) is 14.2 Å². The Hall–Kier alpha value is -3.34. The van der Waals surface area contributed by atoms with Crippen LogP contribution in [0.3, 0.4) is 0 Å². The molecule has 4 nitrogen and oxygen atoms in total. The Morgan fingerprint density at radius 3 is 1.72 bits per heavy atom. The van der Waals surface area contributed by atoms with Gasteiger partial charge in [-0.2, -0.15) is 0 Å². The van der Waals surface area contributed by atoms with E-state index < -0.39 is 0 Å². The summed E-state index contributed by atoms with van der Waals surface area (Å²) in [5.41, 5.74) is 1.73. The van der Waals surface area contributed by atoms with Crippen LogP contribution in [0.15, 0.2) is 72.8 Å². The van der Waals surface area contributed by atoms with Crippen LogP contribution in [0.2, 0.25) is 10.0 Å². The lowest BCUT2D eigenvalue weighted by Gasteiger charge is -2.15. The average Bonchev–Trinajstić information content (AvgIpc) is 2.82. The molecule has 160 valence electrons. The molecule has 4 aromatic carbocycles. The summed E-state index contributed by atoms with van der Waals surface area (Å²) in [7, 11) is 3.00. The molecule has 0 bridgehead atoms. The summed E-state index contributed by atoms with van der Waals surface area (Å²) in [5.74, 6) is 0.358. The Bertz CT molecular complexity index is 1330. The van der Waals surface area contributed by atoms with E-state index in [1.54, 1.807) is 66.7 Å². The monoisotopic (exact) mass is 464 g/mol. The highest BCUT2D eigenvalue weighted by Crippen LogP contribution is 2.35. The van der Waals surface area contributed by atoms with E-state index in [2.05, 4.69) is 0 Å². The molecule has 0 radical (unpaired) electrons. The number of rotatable bonds is 6. The highest BCUT2D eigenvalue weighted by atomic mass is 35.5. The van der Waals surface area contributed by atoms with Crippen LogP contribution in [0.1, 0.15) is 31.8 Å². The molecular formula is C26H18Cl2O4. The van der Waals surface area contributed by atoms with Crippen LogP contribution in [0.25, 0.3) is 10.8 Å². The minimum Gasteiger partial charge on any atom is -0.496 e. The molecule has 0 spiro atoms. The number of carbonyl (C=O) groups excluding carboxylic acids is 2. The summed E-state index contributed by atoms with van der Waals surface area (Å²) in [6, 6.07) is 20.3. The van der Waals surface area contributed by atoms with Gasteiger partial charge in [0.25, 0.3) is 0 Å². The molecule has 6 heteroatoms. The van der Waals surface area contributed by atoms with Gasteiger partial charge in [-0.1, -0.05) is 29.3 Å². The molecule has 0 aliphatic rings. The number of ether oxygens (including phenoxy) is 2. The average molecular weight is 465 g/mol. The highest BCUT2D eigenvalue weighted by Gasteiger charge is 2.22. The zero-order valence-electron chi connectivity index (χ0n) is 17.3. The smallest absolute Gasteiger partial charge is 0.197 e. The van der Waals surface area contributed by atoms with Crippen LogP contribution in [-0.2, 0) is 0 Å². The first kappa shape index (κ1) is 21.9. The van der Waals surface area contributed by atoms with Gasteiger partial charge in [-0.25, -0.2) is 0 Å². The molecule has 0 N–H and O–H groups in total. The van der Waals surface area contributed by atoms with Crippen LogP contribution in [0.5, 0.6) is 11.5 Å². The van der Waals surface area contributed by atoms with E-state index in [9.17, 15) is 9.59 Å². The fraction of sp³-hybridized carbons (Fsp3) is 0.0769. The molecule has 0 saturated heterocycles. The predicted molar refractivity (Wildman–Crippen MR) is 127 cm³/mol. The summed E-state index contributed by atoms with van der Waals surface area (Å²) in [4.78, 5) is 26.5. The van der Waals surface area contributed by atoms with Crippen molar-refractivity contribution in [2.75, 3.05) is 14.2 Å². The first-order chi connectivity index (χ1) is 15.4. The summed E-state index contributed by atoms with van der Waals surface area (Å²) in [6.07, 6.45) is 0. The van der Waals surface area contributed by atoms with E-state index in [1.807, 2.05) is 6.07 Å². The molecule has 4 rings (SSSR count). The number of hydrogen-bond donors (Lipinski definition) is 0. The molecule has 4 aromatic rings. The maximum Gasteiger partial charge on any atom is 0.197 e. The second kappa shape index (κ2) is 9.03. The Kier molecular flexibility index (Phi) is 6.17. The van der Waals surface area contributed by atoms with Crippen molar-refractivity contribution < 1.29 is 19.1 Å². The molecule has 0 aliphatic carbocycles. The quantitative estimate of drug-likeness (QED) is 0.300. The largest absolute Gasteiger partial charge is 0.496 e. The van der Waals surface area contributed by atoms with Crippen LogP contribution in [0, 0.1) is 0 Å². The van der Waals surface area contributed by atoms with Crippen molar-refractivity contribution >= 4 is 45.5 Å². The number of methoxy groups -OCH3 is 2. The van der Waals surface area contributed by atoms with Gasteiger partial charge < -0.3 is 9.47 Å². The van der Waals surface area contributed by atoms with Crippen molar-refractivity contribution in [2.24, 2.45) is 0 Å². The standard InChI is InChI=1S/C26H18Cl2O4/c1-31-22-12-7-17-13-21(25(29)15-3-8-18(27)9-4-15)23(32-2)14-20(17)24(22)26(30)16-5-10-19(28)11-6-16/h3-14H,1-2H3. The van der Waals surface area contributed by atoms with Gasteiger partial charge in [0.1, 0.15) is 11.5 Å². The van der Waals surface area contributed by atoms with Crippen molar-refractivity contribution in [2.45, 2.75) is 0 Å². The van der Waals surface area contributed by atoms with Crippen LogP contribution in [-0.4, -0.2) is 25.8 Å². The van der Waals surface area contributed by atoms with Crippen molar-refractivity contribution in [3.63, 3.8) is 0 Å². The summed E-state index contributed by atoms with van der Waals surface area (Å²) >= 11 is 11.9. The van der Waals surface area contributed by atoms with Gasteiger partial charge in [-0.3, -0.25) is 9.59 Å². The first-order valence-electron chi connectivity index (χ1n) is 9.72. The third-order valence-corrected chi connectivity index (χ3v) is 5.71. The zero-order chi connectivity index (χ0) is 22.8. The molecule has 0 aliphatic heterocycles. The fourth-order valence-corrected chi connectivity index (χ4v) is 3.84. The lowest BCUT2D eigenvalue weighted by Crippen LogP contribution is -2.07. The van der Waals surface area contributed by atoms with E-state index in [0.717, 1.165) is 0 Å².